The van der Waals surface area contributed by atoms with Crippen LogP contribution < -0.4 is 11.1 Å². The Kier molecular flexibility index (Phi) is 3.24. The highest BCUT2D eigenvalue weighted by Crippen LogP contribution is 2.17. The second-order valence-electron chi connectivity index (χ2n) is 4.45. The average molecular weight is 222 g/mol. The first kappa shape index (κ1) is 11.1. The Bertz CT molecular complexity index is 366. The van der Waals surface area contributed by atoms with Crippen LogP contribution in [-0.4, -0.2) is 27.5 Å². The number of nitrogens with one attached hydrogen (secondary N) is 1. The number of hydrogen-bond donors (Lipinski definition) is 2. The highest BCUT2D eigenvalue weighted by Gasteiger charge is 2.21. The number of aryl methyl sites for hydroxylation is 1. The van der Waals surface area contributed by atoms with Crippen molar-refractivity contribution in [1.82, 2.24) is 14.9 Å². The predicted molar refractivity (Wildman–Crippen MR) is 60.9 cm³/mol. The van der Waals surface area contributed by atoms with Crippen molar-refractivity contribution in [3.05, 3.63) is 18.2 Å². The summed E-state index contributed by atoms with van der Waals surface area (Å²) in [6, 6.07) is 0.560. The topological polar surface area (TPSA) is 72.9 Å². The van der Waals surface area contributed by atoms with E-state index in [1.165, 1.54) is 0 Å². The summed E-state index contributed by atoms with van der Waals surface area (Å²) >= 11 is 0. The van der Waals surface area contributed by atoms with Gasteiger partial charge in [-0.15, -0.1) is 0 Å². The van der Waals surface area contributed by atoms with Crippen LogP contribution in [0.2, 0.25) is 0 Å². The number of carbonyl (C=O) groups excluding carboxylic acids is 1. The third-order valence-corrected chi connectivity index (χ3v) is 3.13. The molecule has 1 saturated carbocycles. The molecular weight excluding hydrogens is 204 g/mol. The normalized spacial score (nSPS) is 25.4. The van der Waals surface area contributed by atoms with Crippen molar-refractivity contribution in [3.8, 4) is 0 Å². The smallest absolute Gasteiger partial charge is 0.287 e. The molecule has 0 saturated heterocycles. The molecule has 0 aromatic carbocycles. The van der Waals surface area contributed by atoms with Crippen molar-refractivity contribution in [2.75, 3.05) is 0 Å². The van der Waals surface area contributed by atoms with Gasteiger partial charge in [0.15, 0.2) is 5.82 Å². The number of carbonyl (C=O) groups is 1. The van der Waals surface area contributed by atoms with Gasteiger partial charge in [0.1, 0.15) is 0 Å². The van der Waals surface area contributed by atoms with E-state index in [0.717, 1.165) is 25.7 Å². The number of aromatic nitrogens is 2. The van der Waals surface area contributed by atoms with Crippen LogP contribution in [0.15, 0.2) is 12.4 Å². The summed E-state index contributed by atoms with van der Waals surface area (Å²) in [6.45, 7) is 0. The van der Waals surface area contributed by atoms with Gasteiger partial charge < -0.3 is 15.6 Å². The molecule has 1 aromatic rings. The van der Waals surface area contributed by atoms with E-state index in [9.17, 15) is 4.79 Å². The highest BCUT2D eigenvalue weighted by molar-refractivity contribution is 5.90. The minimum atomic E-state index is -0.0898. The molecule has 1 aliphatic carbocycles. The zero-order valence-electron chi connectivity index (χ0n) is 9.52. The largest absolute Gasteiger partial charge is 0.347 e. The van der Waals surface area contributed by atoms with Gasteiger partial charge in [-0.25, -0.2) is 4.98 Å². The van der Waals surface area contributed by atoms with Crippen LogP contribution in [0.25, 0.3) is 0 Å². The molecule has 0 spiro atoms. The molecule has 0 unspecified atom stereocenters. The molecule has 0 aliphatic heterocycles. The summed E-state index contributed by atoms with van der Waals surface area (Å²) < 4.78 is 1.73. The van der Waals surface area contributed by atoms with Crippen LogP contribution in [0.4, 0.5) is 0 Å². The van der Waals surface area contributed by atoms with Crippen molar-refractivity contribution < 1.29 is 4.79 Å². The Morgan fingerprint density at radius 1 is 1.50 bits per heavy atom. The minimum absolute atomic E-state index is 0.0898. The Labute approximate surface area is 95.0 Å². The second-order valence-corrected chi connectivity index (χ2v) is 4.45. The van der Waals surface area contributed by atoms with E-state index in [0.29, 0.717) is 11.9 Å². The van der Waals surface area contributed by atoms with Gasteiger partial charge in [0.05, 0.1) is 0 Å². The van der Waals surface area contributed by atoms with Gasteiger partial charge in [0.2, 0.25) is 0 Å². The molecule has 5 nitrogen and oxygen atoms in total. The maximum atomic E-state index is 11.9. The molecule has 0 atom stereocenters. The summed E-state index contributed by atoms with van der Waals surface area (Å²) in [6.07, 6.45) is 7.32. The van der Waals surface area contributed by atoms with Crippen LogP contribution in [0.5, 0.6) is 0 Å². The molecule has 1 aromatic heterocycles. The van der Waals surface area contributed by atoms with E-state index >= 15 is 0 Å². The molecule has 88 valence electrons. The summed E-state index contributed by atoms with van der Waals surface area (Å²) in [4.78, 5) is 15.9. The van der Waals surface area contributed by atoms with Gasteiger partial charge in [0, 0.05) is 31.5 Å². The fourth-order valence-electron chi connectivity index (χ4n) is 2.10. The lowest BCUT2D eigenvalue weighted by molar-refractivity contribution is 0.0912. The van der Waals surface area contributed by atoms with Crippen molar-refractivity contribution in [2.24, 2.45) is 12.8 Å². The van der Waals surface area contributed by atoms with Gasteiger partial charge in [-0.05, 0) is 25.7 Å². The van der Waals surface area contributed by atoms with Crippen LogP contribution in [-0.2, 0) is 7.05 Å². The fourth-order valence-corrected chi connectivity index (χ4v) is 2.10. The van der Waals surface area contributed by atoms with Crippen molar-refractivity contribution >= 4 is 5.91 Å². The average Bonchev–Trinajstić information content (AvgIpc) is 2.68. The Hall–Kier alpha value is -1.36. The molecule has 2 rings (SSSR count). The predicted octanol–water partition coefficient (Wildman–Crippen LogP) is 0.420. The quantitative estimate of drug-likeness (QED) is 0.761. The van der Waals surface area contributed by atoms with Gasteiger partial charge >= 0.3 is 0 Å². The van der Waals surface area contributed by atoms with Crippen LogP contribution >= 0.6 is 0 Å². The second kappa shape index (κ2) is 4.65. The van der Waals surface area contributed by atoms with E-state index in [-0.39, 0.29) is 11.9 Å². The van der Waals surface area contributed by atoms with Crippen molar-refractivity contribution in [3.63, 3.8) is 0 Å². The maximum absolute atomic E-state index is 11.9. The van der Waals surface area contributed by atoms with E-state index in [2.05, 4.69) is 10.3 Å². The van der Waals surface area contributed by atoms with E-state index in [4.69, 9.17) is 5.73 Å². The molecule has 1 amide bonds. The maximum Gasteiger partial charge on any atom is 0.287 e. The first-order chi connectivity index (χ1) is 7.66. The third-order valence-electron chi connectivity index (χ3n) is 3.13. The van der Waals surface area contributed by atoms with Gasteiger partial charge in [-0.3, -0.25) is 4.79 Å². The lowest BCUT2D eigenvalue weighted by Gasteiger charge is -2.26. The van der Waals surface area contributed by atoms with Crippen LogP contribution in [0.3, 0.4) is 0 Å². The third kappa shape index (κ3) is 2.41. The lowest BCUT2D eigenvalue weighted by atomic mass is 9.92. The van der Waals surface area contributed by atoms with Gasteiger partial charge in [-0.1, -0.05) is 0 Å². The number of hydrogen-bond acceptors (Lipinski definition) is 3. The standard InChI is InChI=1S/C11H18N4O/c1-15-7-6-13-10(15)11(16)14-9-4-2-8(12)3-5-9/h6-9H,2-5,12H2,1H3,(H,14,16)/t8-,9-. The lowest BCUT2D eigenvalue weighted by Crippen LogP contribution is -2.41. The summed E-state index contributed by atoms with van der Waals surface area (Å²) in [5.74, 6) is 0.378. The van der Waals surface area contributed by atoms with E-state index in [1.54, 1.807) is 17.0 Å². The number of amides is 1. The number of rotatable bonds is 2. The molecule has 5 heteroatoms. The van der Waals surface area contributed by atoms with Crippen molar-refractivity contribution in [1.29, 1.82) is 0 Å². The van der Waals surface area contributed by atoms with Gasteiger partial charge in [-0.2, -0.15) is 0 Å². The van der Waals surface area contributed by atoms with E-state index in [1.807, 2.05) is 7.05 Å². The molecule has 1 fully saturated rings. The van der Waals surface area contributed by atoms with Crippen LogP contribution in [0, 0.1) is 0 Å². The summed E-state index contributed by atoms with van der Waals surface area (Å²) in [5.41, 5.74) is 5.82. The monoisotopic (exact) mass is 222 g/mol. The van der Waals surface area contributed by atoms with Gasteiger partial charge in [0.25, 0.3) is 5.91 Å². The fraction of sp³-hybridized carbons (Fsp3) is 0.636. The number of nitrogens with zero attached hydrogens (tertiary/aromatic N) is 2. The molecule has 0 bridgehead atoms. The molecular formula is C11H18N4O. The number of nitrogens with two attached hydrogens (primary N) is 1. The molecule has 0 radical (unpaired) electrons. The molecule has 1 heterocycles. The Balaban J connectivity index is 1.91. The highest BCUT2D eigenvalue weighted by atomic mass is 16.2. The SMILES string of the molecule is Cn1ccnc1C(=O)N[C@H]1CC[C@H](N)CC1. The first-order valence-electron chi connectivity index (χ1n) is 5.70. The zero-order valence-corrected chi connectivity index (χ0v) is 9.52. The molecule has 3 N–H and O–H groups in total. The first-order valence-corrected chi connectivity index (χ1v) is 5.70. The number of imidazole rings is 1. The van der Waals surface area contributed by atoms with Crippen molar-refractivity contribution in [2.45, 2.75) is 37.8 Å². The minimum Gasteiger partial charge on any atom is -0.347 e. The zero-order chi connectivity index (χ0) is 11.5. The van der Waals surface area contributed by atoms with E-state index < -0.39 is 0 Å². The van der Waals surface area contributed by atoms with Crippen LogP contribution in [0.1, 0.15) is 36.3 Å². The Morgan fingerprint density at radius 2 is 2.19 bits per heavy atom. The molecule has 1 aliphatic rings. The molecule has 16 heavy (non-hydrogen) atoms. The summed E-state index contributed by atoms with van der Waals surface area (Å²) in [7, 11) is 1.82. The Morgan fingerprint density at radius 3 is 2.75 bits per heavy atom. The summed E-state index contributed by atoms with van der Waals surface area (Å²) in [5, 5.41) is 3.00.